The highest BCUT2D eigenvalue weighted by atomic mass is 16.1. The van der Waals surface area contributed by atoms with Gasteiger partial charge in [-0.1, -0.05) is 6.92 Å². The predicted molar refractivity (Wildman–Crippen MR) is 113 cm³/mol. The van der Waals surface area contributed by atoms with E-state index >= 15 is 0 Å². The normalized spacial score (nSPS) is 15.8. The van der Waals surface area contributed by atoms with Crippen LogP contribution in [-0.4, -0.2) is 48.8 Å². The first-order valence-electron chi connectivity index (χ1n) is 10.2. The van der Waals surface area contributed by atoms with Gasteiger partial charge in [-0.25, -0.2) is 14.6 Å². The molecule has 4 rings (SSSR count). The monoisotopic (exact) mass is 396 g/mol. The summed E-state index contributed by atoms with van der Waals surface area (Å²) in [6, 6.07) is 2.30. The van der Waals surface area contributed by atoms with Crippen LogP contribution in [0.3, 0.4) is 0 Å². The van der Waals surface area contributed by atoms with E-state index in [1.807, 2.05) is 20.8 Å². The van der Waals surface area contributed by atoms with Crippen LogP contribution in [0.25, 0.3) is 11.0 Å². The summed E-state index contributed by atoms with van der Waals surface area (Å²) >= 11 is 0. The SMILES string of the molecule is CCc1cc(N2CCC(Nc3nc4c(cnn4C(C)(C)C)c(=O)[nH]3)CC2)ncn1. The lowest BCUT2D eigenvalue weighted by Gasteiger charge is -2.33. The number of nitrogens with zero attached hydrogens (tertiary/aromatic N) is 6. The van der Waals surface area contributed by atoms with E-state index in [0.29, 0.717) is 17.0 Å². The number of H-pyrrole nitrogens is 1. The number of anilines is 2. The van der Waals surface area contributed by atoms with Crippen LogP contribution in [0.15, 0.2) is 23.4 Å². The number of hydrogen-bond acceptors (Lipinski definition) is 7. The topological polar surface area (TPSA) is 105 Å². The summed E-state index contributed by atoms with van der Waals surface area (Å²) in [6.07, 6.45) is 6.00. The van der Waals surface area contributed by atoms with Gasteiger partial charge in [-0.05, 0) is 40.0 Å². The van der Waals surface area contributed by atoms with Gasteiger partial charge in [0.15, 0.2) is 5.65 Å². The van der Waals surface area contributed by atoms with E-state index in [1.165, 1.54) is 0 Å². The van der Waals surface area contributed by atoms with Crippen molar-refractivity contribution in [3.8, 4) is 0 Å². The van der Waals surface area contributed by atoms with Crippen LogP contribution in [0.4, 0.5) is 11.8 Å². The maximum absolute atomic E-state index is 12.5. The first-order valence-corrected chi connectivity index (χ1v) is 10.2. The van der Waals surface area contributed by atoms with Gasteiger partial charge in [0.2, 0.25) is 5.95 Å². The number of rotatable bonds is 4. The van der Waals surface area contributed by atoms with Crippen molar-refractivity contribution in [2.24, 2.45) is 0 Å². The molecule has 0 unspecified atom stereocenters. The molecule has 0 radical (unpaired) electrons. The van der Waals surface area contributed by atoms with E-state index in [9.17, 15) is 4.79 Å². The van der Waals surface area contributed by atoms with E-state index in [2.05, 4.69) is 48.2 Å². The number of nitrogens with one attached hydrogen (secondary N) is 2. The van der Waals surface area contributed by atoms with Gasteiger partial charge in [0.05, 0.1) is 11.7 Å². The zero-order chi connectivity index (χ0) is 20.6. The third-order valence-electron chi connectivity index (χ3n) is 5.30. The molecular formula is C20H28N8O. The number of piperidine rings is 1. The molecular weight excluding hydrogens is 368 g/mol. The van der Waals surface area contributed by atoms with E-state index < -0.39 is 0 Å². The summed E-state index contributed by atoms with van der Waals surface area (Å²) in [5.41, 5.74) is 1.24. The van der Waals surface area contributed by atoms with Crippen molar-refractivity contribution < 1.29 is 0 Å². The molecule has 1 aliphatic rings. The minimum Gasteiger partial charge on any atom is -0.356 e. The average Bonchev–Trinajstić information content (AvgIpc) is 3.14. The summed E-state index contributed by atoms with van der Waals surface area (Å²) < 4.78 is 1.80. The molecule has 1 fully saturated rings. The van der Waals surface area contributed by atoms with E-state index in [1.54, 1.807) is 17.2 Å². The Kier molecular flexibility index (Phi) is 4.97. The Balaban J connectivity index is 1.48. The Morgan fingerprint density at radius 1 is 1.24 bits per heavy atom. The van der Waals surface area contributed by atoms with Crippen molar-refractivity contribution >= 4 is 22.8 Å². The molecule has 2 N–H and O–H groups in total. The maximum Gasteiger partial charge on any atom is 0.263 e. The summed E-state index contributed by atoms with van der Waals surface area (Å²) in [4.78, 5) is 31.0. The molecule has 0 spiro atoms. The third kappa shape index (κ3) is 3.94. The third-order valence-corrected chi connectivity index (χ3v) is 5.30. The van der Waals surface area contributed by atoms with Gasteiger partial charge in [-0.15, -0.1) is 0 Å². The van der Waals surface area contributed by atoms with Crippen molar-refractivity contribution in [2.45, 2.75) is 58.5 Å². The van der Waals surface area contributed by atoms with Gasteiger partial charge >= 0.3 is 0 Å². The molecule has 9 nitrogen and oxygen atoms in total. The summed E-state index contributed by atoms with van der Waals surface area (Å²) in [5.74, 6) is 1.49. The second kappa shape index (κ2) is 7.46. The molecule has 154 valence electrons. The smallest absolute Gasteiger partial charge is 0.263 e. The summed E-state index contributed by atoms with van der Waals surface area (Å²) in [7, 11) is 0. The van der Waals surface area contributed by atoms with Gasteiger partial charge in [0.25, 0.3) is 5.56 Å². The maximum atomic E-state index is 12.5. The molecule has 3 aromatic heterocycles. The Labute approximate surface area is 169 Å². The molecule has 0 amide bonds. The van der Waals surface area contributed by atoms with Crippen molar-refractivity contribution in [2.75, 3.05) is 23.3 Å². The van der Waals surface area contributed by atoms with Gasteiger partial charge in [0, 0.05) is 30.9 Å². The predicted octanol–water partition coefficient (Wildman–Crippen LogP) is 2.31. The molecule has 1 saturated heterocycles. The Bertz CT molecular complexity index is 1060. The molecule has 3 aromatic rings. The molecule has 0 bridgehead atoms. The quantitative estimate of drug-likeness (QED) is 0.697. The lowest BCUT2D eigenvalue weighted by molar-refractivity contribution is 0.366. The van der Waals surface area contributed by atoms with E-state index in [-0.39, 0.29) is 17.1 Å². The second-order valence-corrected chi connectivity index (χ2v) is 8.51. The first kappa shape index (κ1) is 19.4. The van der Waals surface area contributed by atoms with Crippen LogP contribution in [0, 0.1) is 0 Å². The molecule has 29 heavy (non-hydrogen) atoms. The Morgan fingerprint density at radius 2 is 2.00 bits per heavy atom. The molecule has 0 atom stereocenters. The van der Waals surface area contributed by atoms with Gasteiger partial charge in [0.1, 0.15) is 17.5 Å². The van der Waals surface area contributed by atoms with Crippen LogP contribution in [-0.2, 0) is 12.0 Å². The van der Waals surface area contributed by atoms with Crippen molar-refractivity contribution in [1.82, 2.24) is 29.7 Å². The Morgan fingerprint density at radius 3 is 2.69 bits per heavy atom. The van der Waals surface area contributed by atoms with E-state index in [4.69, 9.17) is 0 Å². The van der Waals surface area contributed by atoms with Crippen LogP contribution in [0.2, 0.25) is 0 Å². The van der Waals surface area contributed by atoms with Gasteiger partial charge in [-0.3, -0.25) is 9.78 Å². The first-order chi connectivity index (χ1) is 13.8. The number of aromatic nitrogens is 6. The molecule has 4 heterocycles. The molecule has 9 heteroatoms. The standard InChI is InChI=1S/C20H28N8O/c1-5-13-10-16(22-12-21-13)27-8-6-14(7-9-27)24-19-25-17-15(18(29)26-19)11-23-28(17)20(2,3)4/h10-12,14H,5-9H2,1-4H3,(H2,24,25,26,29). The van der Waals surface area contributed by atoms with Crippen LogP contribution < -0.4 is 15.8 Å². The van der Waals surface area contributed by atoms with E-state index in [0.717, 1.165) is 43.9 Å². The zero-order valence-corrected chi connectivity index (χ0v) is 17.4. The van der Waals surface area contributed by atoms with Crippen LogP contribution in [0.5, 0.6) is 0 Å². The summed E-state index contributed by atoms with van der Waals surface area (Å²) in [6.45, 7) is 10.0. The molecule has 1 aliphatic heterocycles. The number of aryl methyl sites for hydroxylation is 1. The van der Waals surface area contributed by atoms with Gasteiger partial charge in [-0.2, -0.15) is 10.1 Å². The average molecular weight is 396 g/mol. The lowest BCUT2D eigenvalue weighted by Crippen LogP contribution is -2.40. The highest BCUT2D eigenvalue weighted by molar-refractivity contribution is 5.74. The largest absolute Gasteiger partial charge is 0.356 e. The van der Waals surface area contributed by atoms with Crippen LogP contribution in [0.1, 0.15) is 46.2 Å². The molecule has 0 aliphatic carbocycles. The fourth-order valence-electron chi connectivity index (χ4n) is 3.68. The van der Waals surface area contributed by atoms with Gasteiger partial charge < -0.3 is 10.2 Å². The fourth-order valence-corrected chi connectivity index (χ4v) is 3.68. The molecule has 0 saturated carbocycles. The molecule has 0 aromatic carbocycles. The van der Waals surface area contributed by atoms with Crippen molar-refractivity contribution in [1.29, 1.82) is 0 Å². The summed E-state index contributed by atoms with van der Waals surface area (Å²) in [5, 5.41) is 8.28. The minimum absolute atomic E-state index is 0.168. The number of hydrogen-bond donors (Lipinski definition) is 2. The number of fused-ring (bicyclic) bond motifs is 1. The highest BCUT2D eigenvalue weighted by Crippen LogP contribution is 2.22. The fraction of sp³-hybridized carbons (Fsp3) is 0.550. The number of aromatic amines is 1. The lowest BCUT2D eigenvalue weighted by atomic mass is 10.1. The zero-order valence-electron chi connectivity index (χ0n) is 17.4. The second-order valence-electron chi connectivity index (χ2n) is 8.51. The van der Waals surface area contributed by atoms with Crippen LogP contribution >= 0.6 is 0 Å². The Hall–Kier alpha value is -2.97. The van der Waals surface area contributed by atoms with Crippen molar-refractivity contribution in [3.05, 3.63) is 34.6 Å². The highest BCUT2D eigenvalue weighted by Gasteiger charge is 2.23. The minimum atomic E-state index is -0.250. The van der Waals surface area contributed by atoms with Crippen molar-refractivity contribution in [3.63, 3.8) is 0 Å².